The van der Waals surface area contributed by atoms with Crippen molar-refractivity contribution < 1.29 is 9.53 Å². The van der Waals surface area contributed by atoms with Gasteiger partial charge in [-0.2, -0.15) is 0 Å². The minimum absolute atomic E-state index is 0.00907. The maximum absolute atomic E-state index is 12.5. The smallest absolute Gasteiger partial charge is 0.251 e. The van der Waals surface area contributed by atoms with E-state index in [9.17, 15) is 4.79 Å². The average Bonchev–Trinajstić information content (AvgIpc) is 2.58. The van der Waals surface area contributed by atoms with Crippen LogP contribution in [0.2, 0.25) is 0 Å². The number of carbonyl (C=O) groups is 1. The van der Waals surface area contributed by atoms with E-state index in [-0.39, 0.29) is 11.9 Å². The molecule has 0 aliphatic rings. The molecule has 126 valence electrons. The molecule has 1 N–H and O–H groups in total. The lowest BCUT2D eigenvalue weighted by atomic mass is 9.97. The molecule has 0 fully saturated rings. The van der Waals surface area contributed by atoms with Gasteiger partial charge in [0, 0.05) is 5.56 Å². The van der Waals surface area contributed by atoms with Crippen molar-refractivity contribution in [3.8, 4) is 5.75 Å². The number of hydrogen-bond donors (Lipinski definition) is 1. The zero-order valence-electron chi connectivity index (χ0n) is 14.6. The predicted octanol–water partition coefficient (Wildman–Crippen LogP) is 4.75. The number of amides is 1. The molecule has 0 aliphatic heterocycles. The number of carbonyl (C=O) groups excluding carboxylic acids is 1. The molecule has 0 aliphatic carbocycles. The molecule has 0 radical (unpaired) electrons. The van der Waals surface area contributed by atoms with Gasteiger partial charge in [0.15, 0.2) is 0 Å². The minimum atomic E-state index is -0.0721. The van der Waals surface area contributed by atoms with E-state index in [0.29, 0.717) is 12.2 Å². The van der Waals surface area contributed by atoms with Crippen LogP contribution in [0, 0.1) is 13.8 Å². The number of ether oxygens (including phenoxy) is 1. The second-order valence-electron chi connectivity index (χ2n) is 5.92. The van der Waals surface area contributed by atoms with Gasteiger partial charge in [0.2, 0.25) is 0 Å². The fraction of sp³-hybridized carbons (Fsp3) is 0.286. The van der Waals surface area contributed by atoms with Gasteiger partial charge in [-0.15, -0.1) is 0 Å². The Labute approximate surface area is 144 Å². The van der Waals surface area contributed by atoms with Crippen molar-refractivity contribution in [2.75, 3.05) is 6.61 Å². The SMILES string of the molecule is C=CCOc1ccc(C(=O)N[C@H](CC)c2ccc(C)cc2C)cc1. The topological polar surface area (TPSA) is 38.3 Å². The molecule has 2 aromatic rings. The maximum Gasteiger partial charge on any atom is 0.251 e. The molecule has 3 heteroatoms. The van der Waals surface area contributed by atoms with Crippen molar-refractivity contribution in [2.24, 2.45) is 0 Å². The van der Waals surface area contributed by atoms with Crippen LogP contribution in [0.25, 0.3) is 0 Å². The van der Waals surface area contributed by atoms with Gasteiger partial charge in [0.05, 0.1) is 6.04 Å². The molecule has 1 atom stereocenters. The first-order chi connectivity index (χ1) is 11.5. The van der Waals surface area contributed by atoms with Gasteiger partial charge in [0.25, 0.3) is 5.91 Å². The Hall–Kier alpha value is -2.55. The van der Waals surface area contributed by atoms with Crippen molar-refractivity contribution in [1.82, 2.24) is 5.32 Å². The highest BCUT2D eigenvalue weighted by molar-refractivity contribution is 5.94. The fourth-order valence-corrected chi connectivity index (χ4v) is 2.72. The molecule has 0 saturated heterocycles. The zero-order valence-corrected chi connectivity index (χ0v) is 14.6. The molecule has 1 amide bonds. The van der Waals surface area contributed by atoms with Crippen LogP contribution < -0.4 is 10.1 Å². The van der Waals surface area contributed by atoms with Crippen molar-refractivity contribution in [1.29, 1.82) is 0 Å². The monoisotopic (exact) mass is 323 g/mol. The number of aryl methyl sites for hydroxylation is 2. The summed E-state index contributed by atoms with van der Waals surface area (Å²) in [4.78, 5) is 12.5. The van der Waals surface area contributed by atoms with Crippen molar-refractivity contribution >= 4 is 5.91 Å². The molecule has 0 saturated carbocycles. The van der Waals surface area contributed by atoms with E-state index in [0.717, 1.165) is 12.2 Å². The van der Waals surface area contributed by atoms with Crippen LogP contribution in [-0.4, -0.2) is 12.5 Å². The normalized spacial score (nSPS) is 11.6. The summed E-state index contributed by atoms with van der Waals surface area (Å²) in [5.41, 5.74) is 4.23. The Morgan fingerprint density at radius 3 is 2.50 bits per heavy atom. The van der Waals surface area contributed by atoms with Crippen LogP contribution in [0.4, 0.5) is 0 Å². The lowest BCUT2D eigenvalue weighted by Crippen LogP contribution is -2.28. The summed E-state index contributed by atoms with van der Waals surface area (Å²) in [6.07, 6.45) is 2.53. The van der Waals surface area contributed by atoms with Crippen LogP contribution in [0.5, 0.6) is 5.75 Å². The van der Waals surface area contributed by atoms with E-state index in [2.05, 4.69) is 50.9 Å². The highest BCUT2D eigenvalue weighted by Gasteiger charge is 2.16. The molecular formula is C21H25NO2. The number of benzene rings is 2. The second-order valence-corrected chi connectivity index (χ2v) is 5.92. The first kappa shape index (κ1) is 17.8. The Morgan fingerprint density at radius 2 is 1.92 bits per heavy atom. The third-order valence-corrected chi connectivity index (χ3v) is 4.00. The van der Waals surface area contributed by atoms with Crippen LogP contribution in [-0.2, 0) is 0 Å². The highest BCUT2D eigenvalue weighted by atomic mass is 16.5. The first-order valence-corrected chi connectivity index (χ1v) is 8.27. The summed E-state index contributed by atoms with van der Waals surface area (Å²) in [7, 11) is 0. The van der Waals surface area contributed by atoms with Gasteiger partial charge < -0.3 is 10.1 Å². The molecule has 2 aromatic carbocycles. The first-order valence-electron chi connectivity index (χ1n) is 8.27. The fourth-order valence-electron chi connectivity index (χ4n) is 2.72. The third-order valence-electron chi connectivity index (χ3n) is 4.00. The van der Waals surface area contributed by atoms with Gasteiger partial charge in [0.1, 0.15) is 12.4 Å². The van der Waals surface area contributed by atoms with Crippen LogP contribution in [0.3, 0.4) is 0 Å². The summed E-state index contributed by atoms with van der Waals surface area (Å²) in [6.45, 7) is 10.3. The largest absolute Gasteiger partial charge is 0.490 e. The molecule has 0 heterocycles. The van der Waals surface area contributed by atoms with Gasteiger partial charge in [-0.25, -0.2) is 0 Å². The lowest BCUT2D eigenvalue weighted by Gasteiger charge is -2.20. The van der Waals surface area contributed by atoms with E-state index in [4.69, 9.17) is 4.74 Å². The van der Waals surface area contributed by atoms with Gasteiger partial charge in [-0.1, -0.05) is 43.3 Å². The molecule has 0 bridgehead atoms. The van der Waals surface area contributed by atoms with E-state index in [1.165, 1.54) is 16.7 Å². The molecule has 0 unspecified atom stereocenters. The Morgan fingerprint density at radius 1 is 1.21 bits per heavy atom. The Balaban J connectivity index is 2.10. The van der Waals surface area contributed by atoms with Crippen molar-refractivity contribution in [3.05, 3.63) is 77.4 Å². The summed E-state index contributed by atoms with van der Waals surface area (Å²) in [5.74, 6) is 0.657. The number of nitrogens with one attached hydrogen (secondary N) is 1. The quantitative estimate of drug-likeness (QED) is 0.747. The molecular weight excluding hydrogens is 298 g/mol. The lowest BCUT2D eigenvalue weighted by molar-refractivity contribution is 0.0935. The zero-order chi connectivity index (χ0) is 17.5. The number of rotatable bonds is 7. The predicted molar refractivity (Wildman–Crippen MR) is 98.5 cm³/mol. The van der Waals surface area contributed by atoms with Crippen LogP contribution >= 0.6 is 0 Å². The van der Waals surface area contributed by atoms with Crippen molar-refractivity contribution in [3.63, 3.8) is 0 Å². The summed E-state index contributed by atoms with van der Waals surface area (Å²) < 4.78 is 5.44. The minimum Gasteiger partial charge on any atom is -0.490 e. The highest BCUT2D eigenvalue weighted by Crippen LogP contribution is 2.22. The average molecular weight is 323 g/mol. The van der Waals surface area contributed by atoms with Gasteiger partial charge >= 0.3 is 0 Å². The Kier molecular flexibility index (Phi) is 6.19. The van der Waals surface area contributed by atoms with Crippen LogP contribution in [0.15, 0.2) is 55.1 Å². The molecule has 2 rings (SSSR count). The second kappa shape index (κ2) is 8.34. The standard InChI is InChI=1S/C21H25NO2/c1-5-13-24-18-10-8-17(9-11-18)21(23)22-20(6-2)19-12-7-15(3)14-16(19)4/h5,7-12,14,20H,1,6,13H2,2-4H3,(H,22,23)/t20-/m1/s1. The molecule has 0 spiro atoms. The molecule has 3 nitrogen and oxygen atoms in total. The molecule has 24 heavy (non-hydrogen) atoms. The van der Waals surface area contributed by atoms with Gasteiger partial charge in [-0.05, 0) is 55.7 Å². The van der Waals surface area contributed by atoms with E-state index in [1.54, 1.807) is 30.3 Å². The molecule has 0 aromatic heterocycles. The van der Waals surface area contributed by atoms with E-state index < -0.39 is 0 Å². The van der Waals surface area contributed by atoms with E-state index in [1.807, 2.05) is 0 Å². The number of hydrogen-bond acceptors (Lipinski definition) is 2. The summed E-state index contributed by atoms with van der Waals surface area (Å²) in [5, 5.41) is 3.13. The van der Waals surface area contributed by atoms with Crippen molar-refractivity contribution in [2.45, 2.75) is 33.2 Å². The van der Waals surface area contributed by atoms with Crippen LogP contribution in [0.1, 0.15) is 46.4 Å². The van der Waals surface area contributed by atoms with E-state index >= 15 is 0 Å². The van der Waals surface area contributed by atoms with Gasteiger partial charge in [-0.3, -0.25) is 4.79 Å². The third kappa shape index (κ3) is 4.48. The summed E-state index contributed by atoms with van der Waals surface area (Å²) in [6, 6.07) is 13.5. The maximum atomic E-state index is 12.5. The summed E-state index contributed by atoms with van der Waals surface area (Å²) >= 11 is 0. The Bertz CT molecular complexity index is 704.